The Morgan fingerprint density at radius 3 is 2.50 bits per heavy atom. The van der Waals surface area contributed by atoms with Gasteiger partial charge in [-0.3, -0.25) is 0 Å². The number of rotatable bonds is 3. The minimum atomic E-state index is -3.56. The van der Waals surface area contributed by atoms with Crippen molar-refractivity contribution < 1.29 is 17.9 Å². The molecule has 26 heavy (non-hydrogen) atoms. The maximum absolute atomic E-state index is 13.1. The van der Waals surface area contributed by atoms with Gasteiger partial charge in [0, 0.05) is 12.1 Å². The van der Waals surface area contributed by atoms with Gasteiger partial charge >= 0.3 is 0 Å². The normalized spacial score (nSPS) is 27.0. The summed E-state index contributed by atoms with van der Waals surface area (Å²) < 4.78 is 39.8. The van der Waals surface area contributed by atoms with E-state index in [1.165, 1.54) is 0 Å². The molecular formula is C20H23NO4S. The summed E-state index contributed by atoms with van der Waals surface area (Å²) in [5.41, 5.74) is 2.00. The predicted octanol–water partition coefficient (Wildman–Crippen LogP) is 3.26. The molecule has 0 spiro atoms. The molecule has 3 atom stereocenters. The van der Waals surface area contributed by atoms with Gasteiger partial charge < -0.3 is 9.47 Å². The highest BCUT2D eigenvalue weighted by atomic mass is 32.2. The van der Waals surface area contributed by atoms with Gasteiger partial charge in [0.1, 0.15) is 0 Å². The molecule has 2 aromatic rings. The fraction of sp³-hybridized carbons (Fsp3) is 0.400. The highest BCUT2D eigenvalue weighted by Crippen LogP contribution is 2.35. The number of nitrogens with zero attached hydrogens (tertiary/aromatic N) is 1. The van der Waals surface area contributed by atoms with Crippen LogP contribution in [-0.2, 0) is 19.5 Å². The van der Waals surface area contributed by atoms with Crippen molar-refractivity contribution in [2.45, 2.75) is 43.1 Å². The number of aryl methyl sites for hydroxylation is 1. The molecular weight excluding hydrogens is 350 g/mol. The van der Waals surface area contributed by atoms with Crippen LogP contribution in [0.4, 0.5) is 0 Å². The van der Waals surface area contributed by atoms with Gasteiger partial charge in [-0.15, -0.1) is 0 Å². The third-order valence-corrected chi connectivity index (χ3v) is 7.02. The summed E-state index contributed by atoms with van der Waals surface area (Å²) in [7, 11) is -3.56. The topological polar surface area (TPSA) is 55.8 Å². The Kier molecular flexibility index (Phi) is 4.84. The predicted molar refractivity (Wildman–Crippen MR) is 98.1 cm³/mol. The average molecular weight is 373 g/mol. The van der Waals surface area contributed by atoms with Gasteiger partial charge in [-0.1, -0.05) is 48.0 Å². The molecule has 138 valence electrons. The molecule has 2 fully saturated rings. The molecule has 2 heterocycles. The van der Waals surface area contributed by atoms with E-state index in [9.17, 15) is 8.42 Å². The van der Waals surface area contributed by atoms with E-state index in [4.69, 9.17) is 9.47 Å². The van der Waals surface area contributed by atoms with E-state index in [0.29, 0.717) is 18.0 Å². The first-order valence-electron chi connectivity index (χ1n) is 8.96. The van der Waals surface area contributed by atoms with Gasteiger partial charge in [-0.25, -0.2) is 8.42 Å². The lowest BCUT2D eigenvalue weighted by Gasteiger charge is -2.44. The number of fused-ring (bicyclic) bond motifs is 1. The third kappa shape index (κ3) is 3.30. The van der Waals surface area contributed by atoms with E-state index in [0.717, 1.165) is 24.0 Å². The van der Waals surface area contributed by atoms with Crippen LogP contribution in [0.25, 0.3) is 0 Å². The highest BCUT2D eigenvalue weighted by Gasteiger charge is 2.43. The molecule has 0 saturated carbocycles. The lowest BCUT2D eigenvalue weighted by Crippen LogP contribution is -2.56. The molecule has 0 N–H and O–H groups in total. The maximum Gasteiger partial charge on any atom is 0.243 e. The summed E-state index contributed by atoms with van der Waals surface area (Å²) in [6, 6.07) is 16.5. The zero-order valence-electron chi connectivity index (χ0n) is 14.7. The van der Waals surface area contributed by atoms with Gasteiger partial charge in [0.2, 0.25) is 10.0 Å². The van der Waals surface area contributed by atoms with Crippen LogP contribution in [0, 0.1) is 6.92 Å². The Bertz CT molecular complexity index is 851. The molecule has 4 rings (SSSR count). The van der Waals surface area contributed by atoms with Crippen molar-refractivity contribution in [2.75, 3.05) is 13.2 Å². The third-order valence-electron chi connectivity index (χ3n) is 5.08. The lowest BCUT2D eigenvalue weighted by atomic mass is 10.0. The Morgan fingerprint density at radius 2 is 1.77 bits per heavy atom. The molecule has 0 amide bonds. The van der Waals surface area contributed by atoms with E-state index in [1.54, 1.807) is 16.4 Å². The molecule has 2 saturated heterocycles. The molecule has 0 aliphatic carbocycles. The Balaban J connectivity index is 1.56. The molecule has 0 aromatic heterocycles. The molecule has 6 heteroatoms. The van der Waals surface area contributed by atoms with Crippen molar-refractivity contribution in [3.05, 3.63) is 65.7 Å². The smallest absolute Gasteiger partial charge is 0.243 e. The molecule has 2 aliphatic rings. The number of piperidine rings is 1. The summed E-state index contributed by atoms with van der Waals surface area (Å²) in [5, 5.41) is 0. The van der Waals surface area contributed by atoms with Crippen molar-refractivity contribution >= 4 is 10.0 Å². The quantitative estimate of drug-likeness (QED) is 0.829. The molecule has 0 bridgehead atoms. The Labute approximate surface area is 154 Å². The Hall–Kier alpha value is -1.73. The van der Waals surface area contributed by atoms with E-state index >= 15 is 0 Å². The average Bonchev–Trinajstić information content (AvgIpc) is 2.68. The van der Waals surface area contributed by atoms with E-state index in [-0.39, 0.29) is 12.1 Å². The largest absolute Gasteiger partial charge is 0.347 e. The summed E-state index contributed by atoms with van der Waals surface area (Å²) in [6.45, 7) is 2.79. The Morgan fingerprint density at radius 1 is 1.04 bits per heavy atom. The van der Waals surface area contributed by atoms with Crippen LogP contribution in [-0.4, -0.2) is 38.0 Å². The van der Waals surface area contributed by atoms with Gasteiger partial charge in [-0.05, 0) is 31.9 Å². The van der Waals surface area contributed by atoms with Crippen molar-refractivity contribution in [1.82, 2.24) is 4.31 Å². The minimum Gasteiger partial charge on any atom is -0.347 e. The standard InChI is InChI=1S/C20H23NO4S/c1-15-9-11-17(12-10-15)26(22,23)21-13-5-8-19-18(21)14-24-20(25-19)16-6-3-2-4-7-16/h2-4,6-7,9-12,18-20H,5,8,13-14H2,1H3/t18-,19-,20+/m0/s1. The van der Waals surface area contributed by atoms with Gasteiger partial charge in [0.05, 0.1) is 23.6 Å². The molecule has 2 aromatic carbocycles. The van der Waals surface area contributed by atoms with E-state index in [2.05, 4.69) is 0 Å². The first kappa shape index (κ1) is 17.7. The fourth-order valence-corrected chi connectivity index (χ4v) is 5.33. The second kappa shape index (κ2) is 7.12. The molecule has 0 radical (unpaired) electrons. The first-order valence-corrected chi connectivity index (χ1v) is 10.4. The number of ether oxygens (including phenoxy) is 2. The van der Waals surface area contributed by atoms with Gasteiger partial charge in [-0.2, -0.15) is 4.31 Å². The van der Waals surface area contributed by atoms with Crippen LogP contribution in [0.15, 0.2) is 59.5 Å². The number of hydrogen-bond acceptors (Lipinski definition) is 4. The lowest BCUT2D eigenvalue weighted by molar-refractivity contribution is -0.245. The number of sulfonamides is 1. The van der Waals surface area contributed by atoms with Crippen molar-refractivity contribution in [3.63, 3.8) is 0 Å². The van der Waals surface area contributed by atoms with Crippen LogP contribution in [0.2, 0.25) is 0 Å². The SMILES string of the molecule is Cc1ccc(S(=O)(=O)N2CCC[C@@H]3O[C@H](c4ccccc4)OC[C@@H]32)cc1. The van der Waals surface area contributed by atoms with E-state index in [1.807, 2.05) is 49.4 Å². The molecule has 0 unspecified atom stereocenters. The van der Waals surface area contributed by atoms with Crippen LogP contribution in [0.3, 0.4) is 0 Å². The van der Waals surface area contributed by atoms with Crippen molar-refractivity contribution in [1.29, 1.82) is 0 Å². The molecule has 5 nitrogen and oxygen atoms in total. The van der Waals surface area contributed by atoms with Gasteiger partial charge in [0.15, 0.2) is 6.29 Å². The second-order valence-electron chi connectivity index (χ2n) is 6.89. The summed E-state index contributed by atoms with van der Waals surface area (Å²) in [6.07, 6.45) is 1.05. The maximum atomic E-state index is 13.1. The monoisotopic (exact) mass is 373 g/mol. The highest BCUT2D eigenvalue weighted by molar-refractivity contribution is 7.89. The summed E-state index contributed by atoms with van der Waals surface area (Å²) in [5.74, 6) is 0. The number of benzene rings is 2. The van der Waals surface area contributed by atoms with Gasteiger partial charge in [0.25, 0.3) is 0 Å². The molecule has 2 aliphatic heterocycles. The summed E-state index contributed by atoms with van der Waals surface area (Å²) in [4.78, 5) is 0.328. The second-order valence-corrected chi connectivity index (χ2v) is 8.78. The summed E-state index contributed by atoms with van der Waals surface area (Å²) >= 11 is 0. The fourth-order valence-electron chi connectivity index (χ4n) is 3.65. The van der Waals surface area contributed by atoms with Crippen molar-refractivity contribution in [2.24, 2.45) is 0 Å². The van der Waals surface area contributed by atoms with Crippen LogP contribution in [0.1, 0.15) is 30.3 Å². The van der Waals surface area contributed by atoms with Crippen LogP contribution >= 0.6 is 0 Å². The van der Waals surface area contributed by atoms with E-state index < -0.39 is 16.3 Å². The number of hydrogen-bond donors (Lipinski definition) is 0. The minimum absolute atomic E-state index is 0.150. The van der Waals surface area contributed by atoms with Crippen molar-refractivity contribution in [3.8, 4) is 0 Å². The first-order chi connectivity index (χ1) is 12.6. The van der Waals surface area contributed by atoms with Crippen LogP contribution < -0.4 is 0 Å². The zero-order valence-corrected chi connectivity index (χ0v) is 15.6. The van der Waals surface area contributed by atoms with Crippen LogP contribution in [0.5, 0.6) is 0 Å². The zero-order chi connectivity index (χ0) is 18.1.